The molecule has 1 fully saturated rings. The molecule has 2 aromatic heterocycles. The number of halogens is 3. The zero-order valence-electron chi connectivity index (χ0n) is 17.7. The van der Waals surface area contributed by atoms with E-state index in [0.29, 0.717) is 16.9 Å². The number of para-hydroxylation sites is 1. The highest BCUT2D eigenvalue weighted by atomic mass is 32.2. The molecule has 0 spiro atoms. The molecule has 0 amide bonds. The summed E-state index contributed by atoms with van der Waals surface area (Å²) in [6, 6.07) is 13.7. The molecule has 0 bridgehead atoms. The molecule has 0 radical (unpaired) electrons. The lowest BCUT2D eigenvalue weighted by atomic mass is 10.2. The van der Waals surface area contributed by atoms with Gasteiger partial charge in [0.05, 0.1) is 27.7 Å². The molecule has 1 aliphatic rings. The van der Waals surface area contributed by atoms with Crippen LogP contribution in [0.3, 0.4) is 0 Å². The predicted molar refractivity (Wildman–Crippen MR) is 119 cm³/mol. The molecule has 1 aliphatic heterocycles. The number of rotatable bonds is 4. The molecule has 3 heterocycles. The van der Waals surface area contributed by atoms with Gasteiger partial charge in [0.15, 0.2) is 5.65 Å². The summed E-state index contributed by atoms with van der Waals surface area (Å²) in [5.41, 5.74) is 0.273. The van der Waals surface area contributed by atoms with E-state index in [2.05, 4.69) is 15.1 Å². The van der Waals surface area contributed by atoms with Crippen molar-refractivity contribution in [3.05, 3.63) is 72.7 Å². The average Bonchev–Trinajstić information content (AvgIpc) is 3.28. The van der Waals surface area contributed by atoms with Gasteiger partial charge >= 0.3 is 6.18 Å². The van der Waals surface area contributed by atoms with Crippen molar-refractivity contribution in [1.29, 1.82) is 0 Å². The number of benzene rings is 2. The molecule has 1 saturated heterocycles. The van der Waals surface area contributed by atoms with Crippen LogP contribution in [0.1, 0.15) is 5.56 Å². The summed E-state index contributed by atoms with van der Waals surface area (Å²) >= 11 is 0. The van der Waals surface area contributed by atoms with E-state index in [9.17, 15) is 21.6 Å². The van der Waals surface area contributed by atoms with Gasteiger partial charge in [-0.1, -0.05) is 30.3 Å². The van der Waals surface area contributed by atoms with E-state index in [-0.39, 0.29) is 26.2 Å². The highest BCUT2D eigenvalue weighted by molar-refractivity contribution is 7.89. The molecule has 176 valence electrons. The molecule has 5 rings (SSSR count). The lowest BCUT2D eigenvalue weighted by molar-refractivity contribution is -0.139. The van der Waals surface area contributed by atoms with Crippen LogP contribution in [-0.2, 0) is 16.2 Å². The number of nitrogens with zero attached hydrogens (tertiary/aromatic N) is 6. The number of hydrogen-bond acceptors (Lipinski definition) is 6. The first-order valence-electron chi connectivity index (χ1n) is 10.4. The van der Waals surface area contributed by atoms with Gasteiger partial charge in [0.25, 0.3) is 0 Å². The van der Waals surface area contributed by atoms with Crippen LogP contribution in [0.15, 0.2) is 72.0 Å². The van der Waals surface area contributed by atoms with Gasteiger partial charge in [-0.3, -0.25) is 0 Å². The summed E-state index contributed by atoms with van der Waals surface area (Å²) in [6.45, 7) is 0.561. The van der Waals surface area contributed by atoms with Gasteiger partial charge in [-0.2, -0.15) is 22.6 Å². The predicted octanol–water partition coefficient (Wildman–Crippen LogP) is 3.35. The standard InChI is InChI=1S/C22H19F3N6O2S/c23-22(24,25)18-8-4-5-9-19(18)34(32,33)30-12-10-29(11-13-30)20-17-14-28-31(21(17)27-15-26-20)16-6-2-1-3-7-16/h1-9,14-15H,10-13H2. The number of hydrogen-bond donors (Lipinski definition) is 0. The molecule has 0 aliphatic carbocycles. The lowest BCUT2D eigenvalue weighted by Gasteiger charge is -2.35. The van der Waals surface area contributed by atoms with Crippen LogP contribution < -0.4 is 4.90 Å². The van der Waals surface area contributed by atoms with Crippen molar-refractivity contribution < 1.29 is 21.6 Å². The van der Waals surface area contributed by atoms with E-state index in [4.69, 9.17) is 0 Å². The smallest absolute Gasteiger partial charge is 0.353 e. The van der Waals surface area contributed by atoms with Crippen LogP contribution in [0, 0.1) is 0 Å². The van der Waals surface area contributed by atoms with Crippen LogP contribution in [0.5, 0.6) is 0 Å². The summed E-state index contributed by atoms with van der Waals surface area (Å²) in [4.78, 5) is 9.88. The van der Waals surface area contributed by atoms with Crippen LogP contribution in [0.25, 0.3) is 16.7 Å². The maximum absolute atomic E-state index is 13.4. The van der Waals surface area contributed by atoms with Crippen LogP contribution in [-0.4, -0.2) is 58.7 Å². The van der Waals surface area contributed by atoms with Crippen molar-refractivity contribution in [3.63, 3.8) is 0 Å². The van der Waals surface area contributed by atoms with E-state index < -0.39 is 26.7 Å². The minimum Gasteiger partial charge on any atom is -0.353 e. The van der Waals surface area contributed by atoms with E-state index in [1.165, 1.54) is 18.5 Å². The highest BCUT2D eigenvalue weighted by Crippen LogP contribution is 2.35. The molecule has 0 saturated carbocycles. The largest absolute Gasteiger partial charge is 0.417 e. The third-order valence-corrected chi connectivity index (χ3v) is 7.65. The van der Waals surface area contributed by atoms with Crippen LogP contribution >= 0.6 is 0 Å². The fourth-order valence-corrected chi connectivity index (χ4v) is 5.68. The number of anilines is 1. The SMILES string of the molecule is O=S(=O)(c1ccccc1C(F)(F)F)N1CCN(c2ncnc3c2cnn3-c2ccccc2)CC1. The monoisotopic (exact) mass is 488 g/mol. The maximum atomic E-state index is 13.4. The first kappa shape index (κ1) is 22.3. The van der Waals surface area contributed by atoms with Crippen molar-refractivity contribution in [2.75, 3.05) is 31.1 Å². The Morgan fingerprint density at radius 2 is 1.53 bits per heavy atom. The zero-order valence-corrected chi connectivity index (χ0v) is 18.5. The van der Waals surface area contributed by atoms with Crippen LogP contribution in [0.4, 0.5) is 19.0 Å². The Hall–Kier alpha value is -3.51. The molecule has 0 atom stereocenters. The first-order chi connectivity index (χ1) is 16.3. The molecule has 0 N–H and O–H groups in total. The second kappa shape index (κ2) is 8.37. The molecule has 2 aromatic carbocycles. The third kappa shape index (κ3) is 3.88. The molecule has 34 heavy (non-hydrogen) atoms. The van der Waals surface area contributed by atoms with E-state index in [0.717, 1.165) is 22.1 Å². The Balaban J connectivity index is 1.40. The van der Waals surface area contributed by atoms with Gasteiger partial charge in [-0.15, -0.1) is 0 Å². The van der Waals surface area contributed by atoms with Crippen molar-refractivity contribution >= 4 is 26.9 Å². The Morgan fingerprint density at radius 1 is 0.853 bits per heavy atom. The summed E-state index contributed by atoms with van der Waals surface area (Å²) in [6.07, 6.45) is -1.70. The Labute approximate surface area is 193 Å². The Bertz CT molecular complexity index is 1430. The van der Waals surface area contributed by atoms with Crippen molar-refractivity contribution in [2.45, 2.75) is 11.1 Å². The molecule has 12 heteroatoms. The van der Waals surface area contributed by atoms with Gasteiger partial charge in [0.1, 0.15) is 12.1 Å². The topological polar surface area (TPSA) is 84.2 Å². The highest BCUT2D eigenvalue weighted by Gasteiger charge is 2.39. The maximum Gasteiger partial charge on any atom is 0.417 e. The summed E-state index contributed by atoms with van der Waals surface area (Å²) < 4.78 is 69.0. The van der Waals surface area contributed by atoms with Gasteiger partial charge < -0.3 is 4.90 Å². The number of fused-ring (bicyclic) bond motifs is 1. The fraction of sp³-hybridized carbons (Fsp3) is 0.227. The molecular formula is C22H19F3N6O2S. The van der Waals surface area contributed by atoms with Crippen LogP contribution in [0.2, 0.25) is 0 Å². The number of sulfonamides is 1. The van der Waals surface area contributed by atoms with Gasteiger partial charge in [-0.05, 0) is 24.3 Å². The molecular weight excluding hydrogens is 469 g/mol. The Kier molecular flexibility index (Phi) is 5.48. The molecule has 4 aromatic rings. The first-order valence-corrected chi connectivity index (χ1v) is 11.9. The zero-order chi connectivity index (χ0) is 23.9. The third-order valence-electron chi connectivity index (χ3n) is 5.69. The van der Waals surface area contributed by atoms with Crippen molar-refractivity contribution in [3.8, 4) is 5.69 Å². The summed E-state index contributed by atoms with van der Waals surface area (Å²) in [5.74, 6) is 0.597. The quantitative estimate of drug-likeness (QED) is 0.438. The number of aromatic nitrogens is 4. The second-order valence-electron chi connectivity index (χ2n) is 7.71. The van der Waals surface area contributed by atoms with E-state index >= 15 is 0 Å². The minimum atomic E-state index is -4.77. The van der Waals surface area contributed by atoms with Gasteiger partial charge in [0, 0.05) is 26.2 Å². The Morgan fingerprint density at radius 3 is 2.24 bits per heavy atom. The van der Waals surface area contributed by atoms with E-state index in [1.807, 2.05) is 35.2 Å². The minimum absolute atomic E-state index is 0.0207. The van der Waals surface area contributed by atoms with Crippen molar-refractivity contribution in [1.82, 2.24) is 24.1 Å². The van der Waals surface area contributed by atoms with Crippen molar-refractivity contribution in [2.24, 2.45) is 0 Å². The molecule has 8 nitrogen and oxygen atoms in total. The van der Waals surface area contributed by atoms with Gasteiger partial charge in [0.2, 0.25) is 10.0 Å². The summed E-state index contributed by atoms with van der Waals surface area (Å²) in [7, 11) is -4.32. The second-order valence-corrected chi connectivity index (χ2v) is 9.62. The lowest BCUT2D eigenvalue weighted by Crippen LogP contribution is -2.49. The molecule has 0 unspecified atom stereocenters. The number of alkyl halides is 3. The normalized spacial score (nSPS) is 15.7. The average molecular weight is 488 g/mol. The number of piperazine rings is 1. The summed E-state index contributed by atoms with van der Waals surface area (Å²) in [5, 5.41) is 5.12. The fourth-order valence-electron chi connectivity index (χ4n) is 4.05. The van der Waals surface area contributed by atoms with Gasteiger partial charge in [-0.25, -0.2) is 23.1 Å². The van der Waals surface area contributed by atoms with E-state index in [1.54, 1.807) is 10.9 Å².